The predicted octanol–water partition coefficient (Wildman–Crippen LogP) is 6.90. The van der Waals surface area contributed by atoms with E-state index in [4.69, 9.17) is 23.7 Å². The second-order valence-corrected chi connectivity index (χ2v) is 11.9. The van der Waals surface area contributed by atoms with Gasteiger partial charge < -0.3 is 28.8 Å². The zero-order valence-electron chi connectivity index (χ0n) is 26.4. The lowest BCUT2D eigenvalue weighted by molar-refractivity contribution is -0.161. The molecule has 1 aliphatic heterocycles. The predicted molar refractivity (Wildman–Crippen MR) is 164 cm³/mol. The number of aliphatic hydroxyl groups is 1. The van der Waals surface area contributed by atoms with Gasteiger partial charge in [-0.15, -0.1) is 0 Å². The van der Waals surface area contributed by atoms with E-state index in [0.29, 0.717) is 32.0 Å². The summed E-state index contributed by atoms with van der Waals surface area (Å²) in [5.74, 6) is 1.62. The van der Waals surface area contributed by atoms with E-state index in [1.807, 2.05) is 62.4 Å². The van der Waals surface area contributed by atoms with Crippen molar-refractivity contribution < 1.29 is 33.6 Å². The molecule has 0 spiro atoms. The number of esters is 1. The normalized spacial score (nSPS) is 22.1. The third kappa shape index (κ3) is 10.1. The van der Waals surface area contributed by atoms with Gasteiger partial charge in [-0.05, 0) is 79.0 Å². The third-order valence-corrected chi connectivity index (χ3v) is 8.40. The molecule has 1 N–H and O–H groups in total. The van der Waals surface area contributed by atoms with Crippen molar-refractivity contribution in [3.05, 3.63) is 71.3 Å². The van der Waals surface area contributed by atoms with Gasteiger partial charge in [0.1, 0.15) is 17.6 Å². The summed E-state index contributed by atoms with van der Waals surface area (Å²) in [5, 5.41) is 11.2. The van der Waals surface area contributed by atoms with E-state index in [2.05, 4.69) is 26.8 Å². The van der Waals surface area contributed by atoms with Gasteiger partial charge in [0, 0.05) is 5.92 Å². The maximum Gasteiger partial charge on any atom is 0.308 e. The lowest BCUT2D eigenvalue weighted by Gasteiger charge is -2.34. The number of aliphatic hydroxyl groups excluding tert-OH is 1. The first-order valence-corrected chi connectivity index (χ1v) is 15.1. The molecule has 0 bridgehead atoms. The Kier molecular flexibility index (Phi) is 13.4. The van der Waals surface area contributed by atoms with Gasteiger partial charge in [0.25, 0.3) is 0 Å². The van der Waals surface area contributed by atoms with Crippen LogP contribution in [0.4, 0.5) is 0 Å². The van der Waals surface area contributed by atoms with Crippen LogP contribution in [0.1, 0.15) is 71.4 Å². The van der Waals surface area contributed by atoms with Gasteiger partial charge in [-0.3, -0.25) is 4.79 Å². The molecule has 0 aromatic heterocycles. The van der Waals surface area contributed by atoms with E-state index in [1.54, 1.807) is 14.2 Å². The first kappa shape index (κ1) is 33.6. The Hall–Kier alpha value is -2.87. The molecule has 3 rings (SSSR count). The van der Waals surface area contributed by atoms with Crippen molar-refractivity contribution in [3.8, 4) is 11.5 Å². The molecular formula is C35H50O7. The molecule has 1 fully saturated rings. The van der Waals surface area contributed by atoms with Crippen molar-refractivity contribution in [2.24, 2.45) is 17.8 Å². The fraction of sp³-hybridized carbons (Fsp3) is 0.571. The number of hydrogen-bond donors (Lipinski definition) is 1. The average Bonchev–Trinajstić information content (AvgIpc) is 2.99. The zero-order valence-corrected chi connectivity index (χ0v) is 26.4. The Balaban J connectivity index is 1.52. The van der Waals surface area contributed by atoms with Crippen molar-refractivity contribution in [1.29, 1.82) is 0 Å². The average molecular weight is 583 g/mol. The Bertz CT molecular complexity index is 1110. The Morgan fingerprint density at radius 3 is 2.07 bits per heavy atom. The van der Waals surface area contributed by atoms with Gasteiger partial charge in [-0.25, -0.2) is 0 Å². The molecule has 1 heterocycles. The zero-order chi connectivity index (χ0) is 30.6. The van der Waals surface area contributed by atoms with E-state index < -0.39 is 6.10 Å². The van der Waals surface area contributed by atoms with Gasteiger partial charge in [-0.2, -0.15) is 0 Å². The Morgan fingerprint density at radius 2 is 1.52 bits per heavy atom. The molecule has 2 aromatic rings. The number of benzene rings is 2. The lowest BCUT2D eigenvalue weighted by atomic mass is 9.85. The number of cyclic esters (lactones) is 1. The number of carbonyl (C=O) groups is 1. The second-order valence-electron chi connectivity index (χ2n) is 11.9. The van der Waals surface area contributed by atoms with Gasteiger partial charge in [0.05, 0.1) is 52.2 Å². The number of rotatable bonds is 14. The van der Waals surface area contributed by atoms with Crippen LogP contribution in [0.5, 0.6) is 11.5 Å². The molecule has 0 amide bonds. The summed E-state index contributed by atoms with van der Waals surface area (Å²) in [5.41, 5.74) is 2.98. The molecule has 1 unspecified atom stereocenters. The summed E-state index contributed by atoms with van der Waals surface area (Å²) in [4.78, 5) is 12.9. The fourth-order valence-electron chi connectivity index (χ4n) is 5.27. The van der Waals surface area contributed by atoms with Crippen molar-refractivity contribution in [2.75, 3.05) is 14.2 Å². The van der Waals surface area contributed by atoms with Crippen LogP contribution in [0.25, 0.3) is 0 Å². The van der Waals surface area contributed by atoms with Gasteiger partial charge >= 0.3 is 5.97 Å². The highest BCUT2D eigenvalue weighted by atomic mass is 16.5. The van der Waals surface area contributed by atoms with E-state index >= 15 is 0 Å². The first-order chi connectivity index (χ1) is 20.1. The largest absolute Gasteiger partial charge is 0.497 e. The molecule has 0 saturated carbocycles. The first-order valence-electron chi connectivity index (χ1n) is 15.1. The van der Waals surface area contributed by atoms with E-state index in [1.165, 1.54) is 0 Å². The lowest BCUT2D eigenvalue weighted by Crippen LogP contribution is -2.38. The minimum Gasteiger partial charge on any atom is -0.497 e. The summed E-state index contributed by atoms with van der Waals surface area (Å²) in [6.07, 6.45) is 3.22. The van der Waals surface area contributed by atoms with Crippen molar-refractivity contribution >= 4 is 5.97 Å². The van der Waals surface area contributed by atoms with Gasteiger partial charge in [-0.1, -0.05) is 58.0 Å². The van der Waals surface area contributed by atoms with E-state index in [9.17, 15) is 9.90 Å². The highest BCUT2D eigenvalue weighted by Crippen LogP contribution is 2.30. The van der Waals surface area contributed by atoms with Crippen LogP contribution in [0.2, 0.25) is 0 Å². The third-order valence-electron chi connectivity index (χ3n) is 8.40. The number of hydrogen-bond acceptors (Lipinski definition) is 7. The number of ether oxygens (including phenoxy) is 5. The summed E-state index contributed by atoms with van der Waals surface area (Å²) in [6.45, 7) is 11.3. The van der Waals surface area contributed by atoms with Crippen LogP contribution in [0.3, 0.4) is 0 Å². The van der Waals surface area contributed by atoms with Crippen molar-refractivity contribution in [1.82, 2.24) is 0 Å². The van der Waals surface area contributed by atoms with Crippen LogP contribution >= 0.6 is 0 Å². The maximum atomic E-state index is 12.9. The van der Waals surface area contributed by atoms with E-state index in [-0.39, 0.29) is 42.5 Å². The molecule has 1 saturated heterocycles. The van der Waals surface area contributed by atoms with E-state index in [0.717, 1.165) is 34.6 Å². The smallest absolute Gasteiger partial charge is 0.308 e. The fourth-order valence-corrected chi connectivity index (χ4v) is 5.27. The number of methoxy groups -OCH3 is 2. The molecule has 7 heteroatoms. The number of carbonyl (C=O) groups excluding carboxylic acids is 1. The SMILES string of the molecule is COc1ccc(CO[C@@H](C/C=C(\C)C(O)[C@@H](C)[C@@H]2CC[C@H](C)[C@H](OCc3ccc(OC)cc3)CC(=O)O2)C(C)C)cc1. The molecule has 0 radical (unpaired) electrons. The molecule has 232 valence electrons. The maximum absolute atomic E-state index is 12.9. The minimum absolute atomic E-state index is 0.0134. The van der Waals surface area contributed by atoms with Crippen LogP contribution in [0.15, 0.2) is 60.2 Å². The molecule has 2 aromatic carbocycles. The van der Waals surface area contributed by atoms with Gasteiger partial charge in [0.15, 0.2) is 0 Å². The van der Waals surface area contributed by atoms with Crippen LogP contribution in [-0.2, 0) is 32.2 Å². The van der Waals surface area contributed by atoms with Gasteiger partial charge in [0.2, 0.25) is 0 Å². The Morgan fingerprint density at radius 1 is 0.952 bits per heavy atom. The molecule has 1 aliphatic rings. The molecular weight excluding hydrogens is 532 g/mol. The molecule has 7 nitrogen and oxygen atoms in total. The molecule has 6 atom stereocenters. The standard InChI is InChI=1S/C35H50O7/c1-23(2)31(40-21-27-10-14-29(38-6)15-11-27)18-9-25(4)35(37)26(5)32-19-8-24(3)33(20-34(36)42-32)41-22-28-12-16-30(39-7)17-13-28/h9-17,23-24,26,31-33,35,37H,8,18-22H2,1-7H3/b25-9+/t24-,26-,31-,32-,33+,35?/m0/s1. The summed E-state index contributed by atoms with van der Waals surface area (Å²) in [6, 6.07) is 15.6. The van der Waals surface area contributed by atoms with Crippen LogP contribution < -0.4 is 9.47 Å². The van der Waals surface area contributed by atoms with Crippen LogP contribution in [-0.4, -0.2) is 49.7 Å². The summed E-state index contributed by atoms with van der Waals surface area (Å²) in [7, 11) is 3.30. The monoisotopic (exact) mass is 582 g/mol. The summed E-state index contributed by atoms with van der Waals surface area (Å²) < 4.78 is 28.7. The molecule has 42 heavy (non-hydrogen) atoms. The highest BCUT2D eigenvalue weighted by molar-refractivity contribution is 5.70. The summed E-state index contributed by atoms with van der Waals surface area (Å²) >= 11 is 0. The minimum atomic E-state index is -0.714. The Labute approximate surface area is 252 Å². The van der Waals surface area contributed by atoms with Crippen molar-refractivity contribution in [3.63, 3.8) is 0 Å². The highest BCUT2D eigenvalue weighted by Gasteiger charge is 2.33. The van der Waals surface area contributed by atoms with Crippen molar-refractivity contribution in [2.45, 2.75) is 97.9 Å². The quantitative estimate of drug-likeness (QED) is 0.192. The topological polar surface area (TPSA) is 83.5 Å². The molecule has 0 aliphatic carbocycles. The van der Waals surface area contributed by atoms with Crippen LogP contribution in [0, 0.1) is 17.8 Å². The second kappa shape index (κ2) is 16.7.